The number of hydrogen-bond acceptors (Lipinski definition) is 2. The van der Waals surface area contributed by atoms with E-state index in [4.69, 9.17) is 0 Å². The molecule has 1 saturated carbocycles. The van der Waals surface area contributed by atoms with E-state index in [2.05, 4.69) is 17.6 Å². The lowest BCUT2D eigenvalue weighted by Gasteiger charge is -2.16. The minimum absolute atomic E-state index is 0.0589. The molecule has 1 saturated heterocycles. The van der Waals surface area contributed by atoms with Gasteiger partial charge in [0.1, 0.15) is 0 Å². The maximum absolute atomic E-state index is 11.9. The zero-order chi connectivity index (χ0) is 11.4. The van der Waals surface area contributed by atoms with Crippen LogP contribution in [0.5, 0.6) is 0 Å². The van der Waals surface area contributed by atoms with Crippen molar-refractivity contribution in [2.75, 3.05) is 13.1 Å². The smallest absolute Gasteiger partial charge is 0.237 e. The van der Waals surface area contributed by atoms with Gasteiger partial charge in [-0.1, -0.05) is 32.6 Å². The minimum atomic E-state index is 0.0589. The number of carbonyl (C=O) groups excluding carboxylic acids is 1. The molecule has 0 aromatic rings. The molecule has 2 rings (SSSR count). The molecule has 2 aliphatic rings. The second-order valence-electron chi connectivity index (χ2n) is 5.43. The third kappa shape index (κ3) is 2.97. The number of hydrogen-bond donors (Lipinski definition) is 2. The predicted molar refractivity (Wildman–Crippen MR) is 65.2 cm³/mol. The molecule has 2 N–H and O–H groups in total. The molecule has 0 aromatic carbocycles. The summed E-state index contributed by atoms with van der Waals surface area (Å²) in [7, 11) is 0. The van der Waals surface area contributed by atoms with Crippen molar-refractivity contribution < 1.29 is 4.79 Å². The van der Waals surface area contributed by atoms with E-state index in [0.29, 0.717) is 5.92 Å². The second kappa shape index (κ2) is 5.67. The first-order valence-electron chi connectivity index (χ1n) is 6.78. The highest BCUT2D eigenvalue weighted by Gasteiger charge is 2.28. The van der Waals surface area contributed by atoms with Gasteiger partial charge in [0.05, 0.1) is 6.04 Å². The van der Waals surface area contributed by atoms with Gasteiger partial charge < -0.3 is 10.6 Å². The van der Waals surface area contributed by atoms with Gasteiger partial charge in [0.2, 0.25) is 5.91 Å². The number of nitrogens with one attached hydrogen (secondary N) is 2. The van der Waals surface area contributed by atoms with Crippen molar-refractivity contribution in [2.45, 2.75) is 51.5 Å². The summed E-state index contributed by atoms with van der Waals surface area (Å²) >= 11 is 0. The molecular weight excluding hydrogens is 200 g/mol. The zero-order valence-corrected chi connectivity index (χ0v) is 10.3. The Hall–Kier alpha value is -0.570. The summed E-state index contributed by atoms with van der Waals surface area (Å²) in [4.78, 5) is 11.9. The predicted octanol–water partition coefficient (Wildman–Crippen LogP) is 1.68. The van der Waals surface area contributed by atoms with Crippen LogP contribution in [0.2, 0.25) is 0 Å². The van der Waals surface area contributed by atoms with Crippen molar-refractivity contribution >= 4 is 5.91 Å². The summed E-state index contributed by atoms with van der Waals surface area (Å²) in [5.41, 5.74) is 0. The van der Waals surface area contributed by atoms with E-state index < -0.39 is 0 Å². The van der Waals surface area contributed by atoms with Crippen LogP contribution in [0, 0.1) is 11.8 Å². The summed E-state index contributed by atoms with van der Waals surface area (Å²) < 4.78 is 0. The third-order valence-corrected chi connectivity index (χ3v) is 4.14. The Bertz CT molecular complexity index is 236. The first-order chi connectivity index (χ1) is 7.77. The standard InChI is InChI=1S/C13H24N2O/c1-10-6-8-14-12(10)13(16)15-9-7-11-4-2-3-5-11/h10-12,14H,2-9H2,1H3,(H,15,16). The van der Waals surface area contributed by atoms with Gasteiger partial charge in [-0.2, -0.15) is 0 Å². The molecule has 0 aromatic heterocycles. The topological polar surface area (TPSA) is 41.1 Å². The molecular formula is C13H24N2O. The van der Waals surface area contributed by atoms with E-state index in [-0.39, 0.29) is 11.9 Å². The molecule has 0 spiro atoms. The molecule has 2 unspecified atom stereocenters. The van der Waals surface area contributed by atoms with Gasteiger partial charge in [0.15, 0.2) is 0 Å². The van der Waals surface area contributed by atoms with E-state index in [1.807, 2.05) is 0 Å². The van der Waals surface area contributed by atoms with Crippen molar-refractivity contribution in [3.63, 3.8) is 0 Å². The number of carbonyl (C=O) groups is 1. The SMILES string of the molecule is CC1CCNC1C(=O)NCCC1CCCC1. The van der Waals surface area contributed by atoms with Gasteiger partial charge >= 0.3 is 0 Å². The van der Waals surface area contributed by atoms with Crippen LogP contribution in [0.25, 0.3) is 0 Å². The molecule has 1 aliphatic heterocycles. The Morgan fingerprint density at radius 3 is 2.69 bits per heavy atom. The Morgan fingerprint density at radius 1 is 1.31 bits per heavy atom. The van der Waals surface area contributed by atoms with Gasteiger partial charge in [-0.05, 0) is 31.2 Å². The lowest BCUT2D eigenvalue weighted by Crippen LogP contribution is -2.43. The molecule has 16 heavy (non-hydrogen) atoms. The van der Waals surface area contributed by atoms with Crippen molar-refractivity contribution in [3.8, 4) is 0 Å². The van der Waals surface area contributed by atoms with Gasteiger partial charge in [-0.15, -0.1) is 0 Å². The summed E-state index contributed by atoms with van der Waals surface area (Å²) in [5.74, 6) is 1.57. The highest BCUT2D eigenvalue weighted by Crippen LogP contribution is 2.26. The van der Waals surface area contributed by atoms with Crippen molar-refractivity contribution in [1.82, 2.24) is 10.6 Å². The van der Waals surface area contributed by atoms with Crippen LogP contribution in [0.1, 0.15) is 45.4 Å². The average molecular weight is 224 g/mol. The molecule has 3 heteroatoms. The van der Waals surface area contributed by atoms with Gasteiger partial charge in [-0.25, -0.2) is 0 Å². The first kappa shape index (κ1) is 11.9. The van der Waals surface area contributed by atoms with Gasteiger partial charge in [-0.3, -0.25) is 4.79 Å². The zero-order valence-electron chi connectivity index (χ0n) is 10.3. The molecule has 1 aliphatic carbocycles. The van der Waals surface area contributed by atoms with Gasteiger partial charge in [0.25, 0.3) is 0 Å². The van der Waals surface area contributed by atoms with Crippen LogP contribution < -0.4 is 10.6 Å². The van der Waals surface area contributed by atoms with Crippen LogP contribution in [-0.4, -0.2) is 25.0 Å². The summed E-state index contributed by atoms with van der Waals surface area (Å²) in [6.45, 7) is 4.01. The van der Waals surface area contributed by atoms with Crippen LogP contribution in [0.3, 0.4) is 0 Å². The Kier molecular flexibility index (Phi) is 4.22. The van der Waals surface area contributed by atoms with Gasteiger partial charge in [0, 0.05) is 6.54 Å². The van der Waals surface area contributed by atoms with Crippen LogP contribution in [-0.2, 0) is 4.79 Å². The van der Waals surface area contributed by atoms with E-state index in [1.54, 1.807) is 0 Å². The van der Waals surface area contributed by atoms with E-state index in [0.717, 1.165) is 25.4 Å². The summed E-state index contributed by atoms with van der Waals surface area (Å²) in [5, 5.41) is 6.35. The molecule has 2 fully saturated rings. The molecule has 0 radical (unpaired) electrons. The quantitative estimate of drug-likeness (QED) is 0.763. The highest BCUT2D eigenvalue weighted by molar-refractivity contribution is 5.82. The fourth-order valence-electron chi connectivity index (χ4n) is 2.99. The largest absolute Gasteiger partial charge is 0.355 e. The van der Waals surface area contributed by atoms with Crippen molar-refractivity contribution in [2.24, 2.45) is 11.8 Å². The van der Waals surface area contributed by atoms with Crippen LogP contribution in [0.15, 0.2) is 0 Å². The molecule has 1 amide bonds. The van der Waals surface area contributed by atoms with E-state index in [9.17, 15) is 4.79 Å². The molecule has 0 bridgehead atoms. The highest BCUT2D eigenvalue weighted by atomic mass is 16.2. The van der Waals surface area contributed by atoms with Crippen LogP contribution in [0.4, 0.5) is 0 Å². The van der Waals surface area contributed by atoms with Crippen molar-refractivity contribution in [1.29, 1.82) is 0 Å². The Labute approximate surface area is 98.4 Å². The number of amides is 1. The maximum Gasteiger partial charge on any atom is 0.237 e. The normalized spacial score (nSPS) is 30.8. The average Bonchev–Trinajstić information content (AvgIpc) is 2.88. The number of rotatable bonds is 4. The monoisotopic (exact) mass is 224 g/mol. The molecule has 1 heterocycles. The Morgan fingerprint density at radius 2 is 2.06 bits per heavy atom. The van der Waals surface area contributed by atoms with E-state index >= 15 is 0 Å². The fraction of sp³-hybridized carbons (Fsp3) is 0.923. The first-order valence-corrected chi connectivity index (χ1v) is 6.78. The minimum Gasteiger partial charge on any atom is -0.355 e. The third-order valence-electron chi connectivity index (χ3n) is 4.14. The Balaban J connectivity index is 1.63. The fourth-order valence-corrected chi connectivity index (χ4v) is 2.99. The van der Waals surface area contributed by atoms with E-state index in [1.165, 1.54) is 32.1 Å². The summed E-state index contributed by atoms with van der Waals surface area (Å²) in [6.07, 6.45) is 7.81. The summed E-state index contributed by atoms with van der Waals surface area (Å²) in [6, 6.07) is 0.0589. The molecule has 92 valence electrons. The molecule has 3 nitrogen and oxygen atoms in total. The molecule has 2 atom stereocenters. The lowest BCUT2D eigenvalue weighted by molar-refractivity contribution is -0.123. The lowest BCUT2D eigenvalue weighted by atomic mass is 10.0. The maximum atomic E-state index is 11.9. The van der Waals surface area contributed by atoms with Crippen LogP contribution >= 0.6 is 0 Å². The van der Waals surface area contributed by atoms with Crippen molar-refractivity contribution in [3.05, 3.63) is 0 Å². The second-order valence-corrected chi connectivity index (χ2v) is 5.43.